The molecule has 15 heavy (non-hydrogen) atoms. The molecule has 1 aromatic rings. The zero-order valence-corrected chi connectivity index (χ0v) is 9.93. The smallest absolute Gasteiger partial charge is 0.120 e. The fourth-order valence-electron chi connectivity index (χ4n) is 1.38. The van der Waals surface area contributed by atoms with Gasteiger partial charge in [-0.1, -0.05) is 11.6 Å². The maximum Gasteiger partial charge on any atom is 0.120 e. The van der Waals surface area contributed by atoms with Crippen LogP contribution >= 0.6 is 11.6 Å². The van der Waals surface area contributed by atoms with Crippen LogP contribution in [0, 0.1) is 25.2 Å². The van der Waals surface area contributed by atoms with Crippen molar-refractivity contribution in [3.63, 3.8) is 0 Å². The van der Waals surface area contributed by atoms with E-state index in [9.17, 15) is 0 Å². The van der Waals surface area contributed by atoms with E-state index in [2.05, 4.69) is 6.07 Å². The maximum atomic E-state index is 8.52. The molecular weight excluding hydrogens is 210 g/mol. The van der Waals surface area contributed by atoms with E-state index in [1.54, 1.807) is 0 Å². The van der Waals surface area contributed by atoms with Crippen molar-refractivity contribution in [2.24, 2.45) is 0 Å². The Morgan fingerprint density at radius 2 is 1.93 bits per heavy atom. The van der Waals surface area contributed by atoms with E-state index in [0.29, 0.717) is 6.42 Å². The van der Waals surface area contributed by atoms with Gasteiger partial charge in [-0.2, -0.15) is 5.26 Å². The van der Waals surface area contributed by atoms with Crippen molar-refractivity contribution in [3.05, 3.63) is 28.3 Å². The van der Waals surface area contributed by atoms with Gasteiger partial charge >= 0.3 is 0 Å². The number of ether oxygens (including phenoxy) is 1. The van der Waals surface area contributed by atoms with Gasteiger partial charge in [-0.15, -0.1) is 0 Å². The van der Waals surface area contributed by atoms with Gasteiger partial charge in [-0.25, -0.2) is 0 Å². The van der Waals surface area contributed by atoms with Crippen LogP contribution in [0.2, 0.25) is 5.02 Å². The third kappa shape index (κ3) is 3.14. The first kappa shape index (κ1) is 11.9. The number of hydrogen-bond donors (Lipinski definition) is 0. The Kier molecular flexibility index (Phi) is 3.99. The lowest BCUT2D eigenvalue weighted by Crippen LogP contribution is -2.10. The molecule has 0 aliphatic rings. The van der Waals surface area contributed by atoms with Crippen LogP contribution in [-0.2, 0) is 0 Å². The molecule has 0 amide bonds. The number of nitriles is 1. The lowest BCUT2D eigenvalue weighted by atomic mass is 10.1. The molecule has 0 saturated carbocycles. The van der Waals surface area contributed by atoms with Crippen molar-refractivity contribution in [2.45, 2.75) is 33.3 Å². The molecule has 1 aromatic carbocycles. The van der Waals surface area contributed by atoms with Crippen molar-refractivity contribution in [1.29, 1.82) is 5.26 Å². The number of aryl methyl sites for hydroxylation is 2. The quantitative estimate of drug-likeness (QED) is 0.784. The van der Waals surface area contributed by atoms with Gasteiger partial charge in [0.2, 0.25) is 0 Å². The molecule has 3 heteroatoms. The van der Waals surface area contributed by atoms with E-state index in [-0.39, 0.29) is 6.10 Å². The van der Waals surface area contributed by atoms with Gasteiger partial charge in [-0.05, 0) is 44.0 Å². The molecule has 0 aliphatic heterocycles. The van der Waals surface area contributed by atoms with Crippen LogP contribution in [0.3, 0.4) is 0 Å². The first-order valence-electron chi connectivity index (χ1n) is 4.85. The third-order valence-corrected chi connectivity index (χ3v) is 2.72. The van der Waals surface area contributed by atoms with E-state index in [1.807, 2.05) is 32.9 Å². The van der Waals surface area contributed by atoms with Gasteiger partial charge < -0.3 is 4.74 Å². The summed E-state index contributed by atoms with van der Waals surface area (Å²) in [4.78, 5) is 0. The predicted octanol–water partition coefficient (Wildman–Crippen LogP) is 3.64. The predicted molar refractivity (Wildman–Crippen MR) is 61.2 cm³/mol. The van der Waals surface area contributed by atoms with E-state index in [1.165, 1.54) is 0 Å². The van der Waals surface area contributed by atoms with Crippen molar-refractivity contribution >= 4 is 11.6 Å². The normalized spacial score (nSPS) is 11.9. The first-order chi connectivity index (χ1) is 7.04. The molecule has 0 radical (unpaired) electrons. The molecule has 0 spiro atoms. The van der Waals surface area contributed by atoms with Gasteiger partial charge in [0.05, 0.1) is 12.5 Å². The Morgan fingerprint density at radius 3 is 2.40 bits per heavy atom. The average Bonchev–Trinajstić information content (AvgIpc) is 2.14. The molecule has 0 heterocycles. The highest BCUT2D eigenvalue weighted by Gasteiger charge is 2.07. The third-order valence-electron chi connectivity index (χ3n) is 2.13. The number of halogens is 1. The summed E-state index contributed by atoms with van der Waals surface area (Å²) in [6.07, 6.45) is 0.302. The molecule has 1 atom stereocenters. The van der Waals surface area contributed by atoms with Crippen molar-refractivity contribution in [2.75, 3.05) is 0 Å². The second-order valence-corrected chi connectivity index (χ2v) is 4.04. The van der Waals surface area contributed by atoms with Gasteiger partial charge in [0.25, 0.3) is 0 Å². The first-order valence-corrected chi connectivity index (χ1v) is 5.22. The standard InChI is InChI=1S/C12H14ClNO/c1-8-6-11(7-9(2)12(8)13)15-10(3)4-5-14/h6-7,10H,4H2,1-3H3. The summed E-state index contributed by atoms with van der Waals surface area (Å²) in [6.45, 7) is 5.76. The molecule has 80 valence electrons. The molecule has 1 unspecified atom stereocenters. The topological polar surface area (TPSA) is 33.0 Å². The molecule has 0 bridgehead atoms. The van der Waals surface area contributed by atoms with Crippen LogP contribution < -0.4 is 4.74 Å². The summed E-state index contributed by atoms with van der Waals surface area (Å²) in [5.74, 6) is 0.775. The van der Waals surface area contributed by atoms with E-state index in [0.717, 1.165) is 21.9 Å². The second-order valence-electron chi connectivity index (χ2n) is 3.66. The number of hydrogen-bond acceptors (Lipinski definition) is 2. The molecule has 0 aromatic heterocycles. The van der Waals surface area contributed by atoms with Crippen molar-refractivity contribution < 1.29 is 4.74 Å². The minimum atomic E-state index is -0.0880. The molecule has 0 fully saturated rings. The molecule has 0 aliphatic carbocycles. The Hall–Kier alpha value is -1.20. The Morgan fingerprint density at radius 1 is 1.40 bits per heavy atom. The Balaban J connectivity index is 2.84. The average molecular weight is 224 g/mol. The zero-order chi connectivity index (χ0) is 11.4. The number of benzene rings is 1. The van der Waals surface area contributed by atoms with Crippen molar-refractivity contribution in [1.82, 2.24) is 0 Å². The SMILES string of the molecule is Cc1cc(OC(C)CC#N)cc(C)c1Cl. The Labute approximate surface area is 95.4 Å². The monoisotopic (exact) mass is 223 g/mol. The highest BCUT2D eigenvalue weighted by atomic mass is 35.5. The lowest BCUT2D eigenvalue weighted by Gasteiger charge is -2.13. The van der Waals surface area contributed by atoms with Crippen molar-refractivity contribution in [3.8, 4) is 11.8 Å². The highest BCUT2D eigenvalue weighted by Crippen LogP contribution is 2.26. The number of rotatable bonds is 3. The van der Waals surface area contributed by atoms with E-state index < -0.39 is 0 Å². The largest absolute Gasteiger partial charge is 0.490 e. The van der Waals surface area contributed by atoms with Gasteiger partial charge in [0, 0.05) is 5.02 Å². The van der Waals surface area contributed by atoms with Gasteiger partial charge in [-0.3, -0.25) is 0 Å². The summed E-state index contributed by atoms with van der Waals surface area (Å²) in [5.41, 5.74) is 1.99. The number of nitrogens with zero attached hydrogens (tertiary/aromatic N) is 1. The van der Waals surface area contributed by atoms with Crippen LogP contribution in [-0.4, -0.2) is 6.10 Å². The molecule has 2 nitrogen and oxygen atoms in total. The summed E-state index contributed by atoms with van der Waals surface area (Å²) in [6, 6.07) is 5.86. The summed E-state index contributed by atoms with van der Waals surface area (Å²) >= 11 is 6.04. The van der Waals surface area contributed by atoms with Crippen LogP contribution in [0.25, 0.3) is 0 Å². The molecule has 1 rings (SSSR count). The Bertz CT molecular complexity index is 372. The fourth-order valence-corrected chi connectivity index (χ4v) is 1.49. The van der Waals surface area contributed by atoms with Crippen LogP contribution in [0.15, 0.2) is 12.1 Å². The van der Waals surface area contributed by atoms with Gasteiger partial charge in [0.15, 0.2) is 0 Å². The molecular formula is C12H14ClNO. The fraction of sp³-hybridized carbons (Fsp3) is 0.417. The van der Waals surface area contributed by atoms with Crippen LogP contribution in [0.5, 0.6) is 5.75 Å². The second kappa shape index (κ2) is 5.04. The summed E-state index contributed by atoms with van der Waals surface area (Å²) in [5, 5.41) is 9.29. The summed E-state index contributed by atoms with van der Waals surface area (Å²) < 4.78 is 5.59. The highest BCUT2D eigenvalue weighted by molar-refractivity contribution is 6.32. The zero-order valence-electron chi connectivity index (χ0n) is 9.17. The minimum Gasteiger partial charge on any atom is -0.490 e. The molecule has 0 N–H and O–H groups in total. The summed E-state index contributed by atoms with van der Waals surface area (Å²) in [7, 11) is 0. The lowest BCUT2D eigenvalue weighted by molar-refractivity contribution is 0.227. The minimum absolute atomic E-state index is 0.0880. The molecule has 0 saturated heterocycles. The van der Waals surface area contributed by atoms with E-state index >= 15 is 0 Å². The van der Waals surface area contributed by atoms with Crippen LogP contribution in [0.1, 0.15) is 24.5 Å². The van der Waals surface area contributed by atoms with Gasteiger partial charge in [0.1, 0.15) is 11.9 Å². The van der Waals surface area contributed by atoms with E-state index in [4.69, 9.17) is 21.6 Å². The maximum absolute atomic E-state index is 8.52. The van der Waals surface area contributed by atoms with Crippen LogP contribution in [0.4, 0.5) is 0 Å².